The Morgan fingerprint density at radius 3 is 2.37 bits per heavy atom. The molecule has 0 radical (unpaired) electrons. The van der Waals surface area contributed by atoms with E-state index < -0.39 is 6.04 Å². The zero-order valence-electron chi connectivity index (χ0n) is 24.9. The van der Waals surface area contributed by atoms with Gasteiger partial charge in [0.15, 0.2) is 0 Å². The molecule has 2 atom stereocenters. The van der Waals surface area contributed by atoms with Crippen molar-refractivity contribution in [3.63, 3.8) is 0 Å². The van der Waals surface area contributed by atoms with Crippen LogP contribution in [0.1, 0.15) is 70.8 Å². The van der Waals surface area contributed by atoms with E-state index in [-0.39, 0.29) is 18.0 Å². The lowest BCUT2D eigenvalue weighted by atomic mass is 10.0. The van der Waals surface area contributed by atoms with Gasteiger partial charge in [-0.1, -0.05) is 69.2 Å². The molecule has 1 aliphatic carbocycles. The Balaban J connectivity index is 1.35. The van der Waals surface area contributed by atoms with Crippen LogP contribution in [0.2, 0.25) is 0 Å². The van der Waals surface area contributed by atoms with Gasteiger partial charge in [0.2, 0.25) is 5.91 Å². The predicted octanol–water partition coefficient (Wildman–Crippen LogP) is 6.30. The third kappa shape index (κ3) is 9.83. The number of ether oxygens (including phenoxy) is 1. The standard InChI is InChI=1S/C34H48N4O3/c1-27(2)25-32(36-34(40)37-22-11-3-4-12-23-37)33(39)35-21-24-38(29-15-9-6-10-16-29)30-17-19-31(20-18-30)41-26-28-13-7-5-8-14-28/h5,7-9,13-15,17-20,27,29,32H,3-4,6,10-12,16,21-26H2,1-2H3,(H,35,39)(H,36,40)/t29?,32-/m0/s1. The van der Waals surface area contributed by atoms with Gasteiger partial charge in [0.05, 0.1) is 0 Å². The molecule has 3 amide bonds. The van der Waals surface area contributed by atoms with Gasteiger partial charge in [-0.15, -0.1) is 0 Å². The van der Waals surface area contributed by atoms with Crippen molar-refractivity contribution in [2.75, 3.05) is 31.1 Å². The number of nitrogens with zero attached hydrogens (tertiary/aromatic N) is 2. The lowest BCUT2D eigenvalue weighted by Crippen LogP contribution is -2.53. The van der Waals surface area contributed by atoms with Crippen LogP contribution in [0.5, 0.6) is 5.75 Å². The second-order valence-electron chi connectivity index (χ2n) is 11.7. The molecule has 1 saturated heterocycles. The van der Waals surface area contributed by atoms with Gasteiger partial charge in [-0.25, -0.2) is 4.79 Å². The molecule has 4 rings (SSSR count). The van der Waals surface area contributed by atoms with Crippen molar-refractivity contribution in [3.05, 3.63) is 72.3 Å². The van der Waals surface area contributed by atoms with Crippen LogP contribution >= 0.6 is 0 Å². The highest BCUT2D eigenvalue weighted by Crippen LogP contribution is 2.26. The van der Waals surface area contributed by atoms with Gasteiger partial charge in [-0.3, -0.25) is 4.79 Å². The predicted molar refractivity (Wildman–Crippen MR) is 166 cm³/mol. The van der Waals surface area contributed by atoms with Crippen molar-refractivity contribution in [3.8, 4) is 5.75 Å². The highest BCUT2D eigenvalue weighted by atomic mass is 16.5. The topological polar surface area (TPSA) is 73.9 Å². The number of carbonyl (C=O) groups excluding carboxylic acids is 2. The van der Waals surface area contributed by atoms with Crippen molar-refractivity contribution >= 4 is 17.6 Å². The summed E-state index contributed by atoms with van der Waals surface area (Å²) in [6, 6.07) is 18.1. The van der Waals surface area contributed by atoms with Crippen LogP contribution in [-0.4, -0.2) is 55.1 Å². The van der Waals surface area contributed by atoms with Gasteiger partial charge in [-0.05, 0) is 74.3 Å². The molecule has 7 heteroatoms. The first kappa shape index (κ1) is 30.5. The minimum Gasteiger partial charge on any atom is -0.489 e. The molecular formula is C34H48N4O3. The summed E-state index contributed by atoms with van der Waals surface area (Å²) in [6.45, 7) is 7.42. The molecule has 1 aliphatic heterocycles. The number of urea groups is 1. The maximum absolute atomic E-state index is 13.3. The number of nitrogens with one attached hydrogen (secondary N) is 2. The largest absolute Gasteiger partial charge is 0.489 e. The number of hydrogen-bond donors (Lipinski definition) is 2. The summed E-state index contributed by atoms with van der Waals surface area (Å²) in [7, 11) is 0. The van der Waals surface area contributed by atoms with E-state index >= 15 is 0 Å². The fourth-order valence-electron chi connectivity index (χ4n) is 5.66. The van der Waals surface area contributed by atoms with Crippen LogP contribution in [0.15, 0.2) is 66.7 Å². The summed E-state index contributed by atoms with van der Waals surface area (Å²) in [5, 5.41) is 6.18. The minimum absolute atomic E-state index is 0.106. The summed E-state index contributed by atoms with van der Waals surface area (Å²) in [6.07, 6.45) is 12.9. The second-order valence-corrected chi connectivity index (χ2v) is 11.7. The summed E-state index contributed by atoms with van der Waals surface area (Å²) >= 11 is 0. The number of rotatable bonds is 12. The molecule has 0 aromatic heterocycles. The summed E-state index contributed by atoms with van der Waals surface area (Å²) < 4.78 is 6.00. The van der Waals surface area contributed by atoms with Crippen LogP contribution in [0.25, 0.3) is 0 Å². The molecule has 7 nitrogen and oxygen atoms in total. The molecule has 1 unspecified atom stereocenters. The van der Waals surface area contributed by atoms with E-state index in [2.05, 4.69) is 65.8 Å². The number of anilines is 1. The molecule has 0 bridgehead atoms. The highest BCUT2D eigenvalue weighted by molar-refractivity contribution is 5.87. The third-order valence-electron chi connectivity index (χ3n) is 7.91. The normalized spacial score (nSPS) is 17.9. The van der Waals surface area contributed by atoms with Crippen LogP contribution in [0.4, 0.5) is 10.5 Å². The molecule has 2 aromatic carbocycles. The highest BCUT2D eigenvalue weighted by Gasteiger charge is 2.25. The molecule has 1 fully saturated rings. The molecule has 222 valence electrons. The van der Waals surface area contributed by atoms with E-state index in [1.807, 2.05) is 35.2 Å². The van der Waals surface area contributed by atoms with E-state index in [0.29, 0.717) is 32.0 Å². The number of likely N-dealkylation sites (tertiary alicyclic amines) is 1. The molecule has 41 heavy (non-hydrogen) atoms. The van der Waals surface area contributed by atoms with E-state index in [1.54, 1.807) is 0 Å². The van der Waals surface area contributed by atoms with Gasteiger partial charge in [0.1, 0.15) is 18.4 Å². The zero-order chi connectivity index (χ0) is 28.9. The molecule has 0 spiro atoms. The maximum atomic E-state index is 13.3. The van der Waals surface area contributed by atoms with Crippen molar-refractivity contribution in [2.45, 2.75) is 83.9 Å². The fraction of sp³-hybridized carbons (Fsp3) is 0.529. The fourth-order valence-corrected chi connectivity index (χ4v) is 5.66. The van der Waals surface area contributed by atoms with Gasteiger partial charge < -0.3 is 25.2 Å². The Kier molecular flexibility index (Phi) is 12.0. The molecule has 2 N–H and O–H groups in total. The van der Waals surface area contributed by atoms with Crippen LogP contribution in [-0.2, 0) is 11.4 Å². The lowest BCUT2D eigenvalue weighted by Gasteiger charge is -2.34. The smallest absolute Gasteiger partial charge is 0.318 e. The van der Waals surface area contributed by atoms with E-state index in [0.717, 1.165) is 75.0 Å². The summed E-state index contributed by atoms with van der Waals surface area (Å²) in [5.74, 6) is 1.02. The number of hydrogen-bond acceptors (Lipinski definition) is 4. The second kappa shape index (κ2) is 16.1. The van der Waals surface area contributed by atoms with Crippen molar-refractivity contribution in [1.82, 2.24) is 15.5 Å². The average molecular weight is 561 g/mol. The first-order chi connectivity index (χ1) is 20.0. The SMILES string of the molecule is CC(C)C[C@H](NC(=O)N1CCCCCC1)C(=O)NCCN(c1ccc(OCc2ccccc2)cc1)C1C=CCCC1. The van der Waals surface area contributed by atoms with Crippen LogP contribution in [0, 0.1) is 5.92 Å². The summed E-state index contributed by atoms with van der Waals surface area (Å²) in [5.41, 5.74) is 2.25. The Labute approximate surface area is 246 Å². The number of amides is 3. The Bertz CT molecular complexity index is 1090. The molecule has 2 aromatic rings. The van der Waals surface area contributed by atoms with Gasteiger partial charge >= 0.3 is 6.03 Å². The number of allylic oxidation sites excluding steroid dienone is 1. The van der Waals surface area contributed by atoms with Gasteiger partial charge in [0, 0.05) is 37.9 Å². The van der Waals surface area contributed by atoms with Crippen molar-refractivity contribution < 1.29 is 14.3 Å². The van der Waals surface area contributed by atoms with Crippen LogP contribution < -0.4 is 20.3 Å². The maximum Gasteiger partial charge on any atom is 0.318 e. The quantitative estimate of drug-likeness (QED) is 0.299. The lowest BCUT2D eigenvalue weighted by molar-refractivity contribution is -0.123. The van der Waals surface area contributed by atoms with Gasteiger partial charge in [-0.2, -0.15) is 0 Å². The van der Waals surface area contributed by atoms with Crippen LogP contribution in [0.3, 0.4) is 0 Å². The van der Waals surface area contributed by atoms with E-state index in [1.165, 1.54) is 0 Å². The monoisotopic (exact) mass is 560 g/mol. The molecule has 2 aliphatic rings. The minimum atomic E-state index is -0.533. The first-order valence-electron chi connectivity index (χ1n) is 15.5. The number of carbonyl (C=O) groups is 2. The Morgan fingerprint density at radius 2 is 1.71 bits per heavy atom. The van der Waals surface area contributed by atoms with Crippen molar-refractivity contribution in [2.24, 2.45) is 5.92 Å². The van der Waals surface area contributed by atoms with E-state index in [4.69, 9.17) is 4.74 Å². The molecular weight excluding hydrogens is 512 g/mol. The van der Waals surface area contributed by atoms with E-state index in [9.17, 15) is 9.59 Å². The molecule has 0 saturated carbocycles. The first-order valence-corrected chi connectivity index (χ1v) is 15.5. The third-order valence-corrected chi connectivity index (χ3v) is 7.91. The number of benzene rings is 2. The summed E-state index contributed by atoms with van der Waals surface area (Å²) in [4.78, 5) is 30.5. The molecule has 1 heterocycles. The van der Waals surface area contributed by atoms with Gasteiger partial charge in [0.25, 0.3) is 0 Å². The average Bonchev–Trinajstić information content (AvgIpc) is 3.29. The Hall–Kier alpha value is -3.48. The zero-order valence-corrected chi connectivity index (χ0v) is 24.9. The van der Waals surface area contributed by atoms with Crippen molar-refractivity contribution in [1.29, 1.82) is 0 Å². The Morgan fingerprint density at radius 1 is 0.976 bits per heavy atom.